The van der Waals surface area contributed by atoms with Crippen LogP contribution in [-0.4, -0.2) is 64.0 Å². The number of unbranched alkanes of at least 4 members (excludes halogenated alkanes) is 5. The van der Waals surface area contributed by atoms with Crippen molar-refractivity contribution in [3.05, 3.63) is 59.2 Å². The molecule has 0 aliphatic carbocycles. The average molecular weight is 378 g/mol. The van der Waals surface area contributed by atoms with Crippen LogP contribution in [-0.2, 0) is 11.2 Å². The van der Waals surface area contributed by atoms with Crippen LogP contribution in [0.15, 0.2) is 42.5 Å². The van der Waals surface area contributed by atoms with Crippen molar-refractivity contribution in [1.82, 2.24) is 0 Å². The predicted molar refractivity (Wildman–Crippen MR) is 105 cm³/mol. The van der Waals surface area contributed by atoms with Crippen molar-refractivity contribution in [1.29, 1.82) is 0 Å². The monoisotopic (exact) mass is 377 g/mol. The third kappa shape index (κ3) is 5.67. The van der Waals surface area contributed by atoms with E-state index < -0.39 is 0 Å². The number of carbonyl (C=O) groups excluding carboxylic acids is 1. The van der Waals surface area contributed by atoms with Gasteiger partial charge in [0.15, 0.2) is 0 Å². The zero-order valence-corrected chi connectivity index (χ0v) is 19.0. The molecule has 2 aromatic rings. The van der Waals surface area contributed by atoms with E-state index >= 15 is 0 Å². The number of hydrogen-bond donors (Lipinski definition) is 0. The number of para-hydroxylation sites is 1. The van der Waals surface area contributed by atoms with Crippen molar-refractivity contribution < 1.29 is 14.3 Å². The van der Waals surface area contributed by atoms with Crippen LogP contribution in [0.4, 0.5) is 0 Å². The van der Waals surface area contributed by atoms with Crippen LogP contribution in [0, 0.1) is 0 Å². The molecular formula is C22H26KO3. The second kappa shape index (κ2) is 11.2. The minimum absolute atomic E-state index is 0. The molecule has 0 spiro atoms. The fourth-order valence-electron chi connectivity index (χ4n) is 3.22. The first-order chi connectivity index (χ1) is 12.3. The molecule has 0 fully saturated rings. The van der Waals surface area contributed by atoms with Crippen LogP contribution in [0.3, 0.4) is 0 Å². The first-order valence-electron chi connectivity index (χ1n) is 9.34. The van der Waals surface area contributed by atoms with Crippen molar-refractivity contribution >= 4 is 57.4 Å². The van der Waals surface area contributed by atoms with E-state index in [4.69, 9.17) is 9.47 Å². The molecule has 0 bridgehead atoms. The Morgan fingerprint density at radius 1 is 0.962 bits per heavy atom. The number of carbonyl (C=O) groups is 1. The quantitative estimate of drug-likeness (QED) is 0.294. The standard InChI is InChI=1S/C22H26O3.K/c1-2-3-4-5-6-9-15-24-22(23)18-12-10-14-21-19(18)16-17-11-7-8-13-20(17)25-21;/h7-8,10-14H,2-6,9,15-16H2,1H3;. The van der Waals surface area contributed by atoms with E-state index in [1.165, 1.54) is 25.7 Å². The molecule has 0 saturated carbocycles. The number of esters is 1. The van der Waals surface area contributed by atoms with Crippen molar-refractivity contribution in [3.63, 3.8) is 0 Å². The van der Waals surface area contributed by atoms with Crippen LogP contribution >= 0.6 is 0 Å². The van der Waals surface area contributed by atoms with Crippen molar-refractivity contribution in [2.75, 3.05) is 6.61 Å². The molecule has 3 nitrogen and oxygen atoms in total. The van der Waals surface area contributed by atoms with Gasteiger partial charge in [-0.05, 0) is 30.2 Å². The first kappa shape index (κ1) is 21.6. The van der Waals surface area contributed by atoms with Gasteiger partial charge in [0.2, 0.25) is 0 Å². The van der Waals surface area contributed by atoms with Gasteiger partial charge >= 0.3 is 5.97 Å². The minimum atomic E-state index is -0.242. The van der Waals surface area contributed by atoms with E-state index in [9.17, 15) is 4.79 Å². The van der Waals surface area contributed by atoms with Gasteiger partial charge in [-0.2, -0.15) is 0 Å². The Hall–Kier alpha value is -0.654. The summed E-state index contributed by atoms with van der Waals surface area (Å²) in [5.41, 5.74) is 2.65. The van der Waals surface area contributed by atoms with E-state index in [0.717, 1.165) is 35.5 Å². The van der Waals surface area contributed by atoms with Crippen molar-refractivity contribution in [2.45, 2.75) is 51.9 Å². The smallest absolute Gasteiger partial charge is 0.338 e. The minimum Gasteiger partial charge on any atom is -0.462 e. The van der Waals surface area contributed by atoms with Gasteiger partial charge in [-0.25, -0.2) is 4.79 Å². The molecule has 0 amide bonds. The fourth-order valence-corrected chi connectivity index (χ4v) is 3.22. The molecule has 0 unspecified atom stereocenters. The summed E-state index contributed by atoms with van der Waals surface area (Å²) in [5.74, 6) is 1.38. The van der Waals surface area contributed by atoms with Gasteiger partial charge in [0.1, 0.15) is 11.5 Å². The molecule has 133 valence electrons. The molecule has 26 heavy (non-hydrogen) atoms. The maximum Gasteiger partial charge on any atom is 0.338 e. The van der Waals surface area contributed by atoms with Crippen LogP contribution in [0.5, 0.6) is 11.5 Å². The molecular weight excluding hydrogens is 351 g/mol. The van der Waals surface area contributed by atoms with E-state index in [1.807, 2.05) is 42.5 Å². The summed E-state index contributed by atoms with van der Waals surface area (Å²) in [7, 11) is 0. The van der Waals surface area contributed by atoms with Gasteiger partial charge < -0.3 is 9.47 Å². The molecule has 1 aliphatic rings. The van der Waals surface area contributed by atoms with Gasteiger partial charge in [-0.1, -0.05) is 63.3 Å². The zero-order chi connectivity index (χ0) is 17.5. The zero-order valence-electron chi connectivity index (χ0n) is 15.9. The number of fused-ring (bicyclic) bond motifs is 2. The Balaban J connectivity index is 0.00000243. The molecule has 0 N–H and O–H groups in total. The normalized spacial score (nSPS) is 11.6. The van der Waals surface area contributed by atoms with Gasteiger partial charge in [0.05, 0.1) is 12.2 Å². The molecule has 1 radical (unpaired) electrons. The Kier molecular flexibility index (Phi) is 9.36. The average Bonchev–Trinajstić information content (AvgIpc) is 2.65. The molecule has 0 atom stereocenters. The van der Waals surface area contributed by atoms with Crippen LogP contribution in [0.25, 0.3) is 0 Å². The SMILES string of the molecule is CCCCCCCCOC(=O)c1cccc2c1Cc1ccccc1O2.[K]. The Morgan fingerprint density at radius 3 is 2.54 bits per heavy atom. The molecule has 3 rings (SSSR count). The molecule has 1 heterocycles. The summed E-state index contributed by atoms with van der Waals surface area (Å²) in [5, 5.41) is 0. The maximum atomic E-state index is 12.5. The van der Waals surface area contributed by atoms with Gasteiger partial charge in [-0.3, -0.25) is 0 Å². The van der Waals surface area contributed by atoms with Crippen LogP contribution < -0.4 is 4.74 Å². The number of ether oxygens (including phenoxy) is 2. The van der Waals surface area contributed by atoms with E-state index in [0.29, 0.717) is 18.6 Å². The maximum absolute atomic E-state index is 12.5. The topological polar surface area (TPSA) is 35.5 Å². The molecule has 0 aromatic heterocycles. The van der Waals surface area contributed by atoms with Crippen molar-refractivity contribution in [3.8, 4) is 11.5 Å². The number of hydrogen-bond acceptors (Lipinski definition) is 3. The van der Waals surface area contributed by atoms with Crippen LogP contribution in [0.2, 0.25) is 0 Å². The Morgan fingerprint density at radius 2 is 1.69 bits per heavy atom. The summed E-state index contributed by atoms with van der Waals surface area (Å²) >= 11 is 0. The molecule has 2 aromatic carbocycles. The Bertz CT molecular complexity index is 727. The summed E-state index contributed by atoms with van der Waals surface area (Å²) in [6.45, 7) is 2.70. The first-order valence-corrected chi connectivity index (χ1v) is 9.34. The fraction of sp³-hybridized carbons (Fsp3) is 0.409. The van der Waals surface area contributed by atoms with E-state index in [2.05, 4.69) is 6.92 Å². The largest absolute Gasteiger partial charge is 0.462 e. The molecule has 0 saturated heterocycles. The number of benzene rings is 2. The summed E-state index contributed by atoms with van der Waals surface area (Å²) in [6, 6.07) is 13.6. The summed E-state index contributed by atoms with van der Waals surface area (Å²) < 4.78 is 11.4. The third-order valence-electron chi connectivity index (χ3n) is 4.64. The van der Waals surface area contributed by atoms with Crippen LogP contribution in [0.1, 0.15) is 66.9 Å². The second-order valence-corrected chi connectivity index (χ2v) is 6.57. The van der Waals surface area contributed by atoms with Gasteiger partial charge in [-0.15, -0.1) is 0 Å². The molecule has 1 aliphatic heterocycles. The second-order valence-electron chi connectivity index (χ2n) is 6.57. The van der Waals surface area contributed by atoms with Gasteiger partial charge in [0.25, 0.3) is 0 Å². The summed E-state index contributed by atoms with van der Waals surface area (Å²) in [6.07, 6.45) is 7.79. The van der Waals surface area contributed by atoms with Crippen molar-refractivity contribution in [2.24, 2.45) is 0 Å². The third-order valence-corrected chi connectivity index (χ3v) is 4.64. The molecule has 4 heteroatoms. The number of rotatable bonds is 8. The Labute approximate surface area is 198 Å². The van der Waals surface area contributed by atoms with Gasteiger partial charge in [0, 0.05) is 63.4 Å². The predicted octanol–water partition coefficient (Wildman–Crippen LogP) is 5.52. The van der Waals surface area contributed by atoms with E-state index in [-0.39, 0.29) is 57.4 Å². The van der Waals surface area contributed by atoms with E-state index in [1.54, 1.807) is 0 Å². The summed E-state index contributed by atoms with van der Waals surface area (Å²) in [4.78, 5) is 12.5.